The van der Waals surface area contributed by atoms with Gasteiger partial charge in [-0.3, -0.25) is 4.79 Å². The number of aliphatic hydroxyl groups is 1. The van der Waals surface area contributed by atoms with Crippen molar-refractivity contribution in [3.05, 3.63) is 59.4 Å². The van der Waals surface area contributed by atoms with Gasteiger partial charge < -0.3 is 9.84 Å². The van der Waals surface area contributed by atoms with Crippen LogP contribution in [0.3, 0.4) is 0 Å². The first-order valence-electron chi connectivity index (χ1n) is 8.90. The zero-order valence-corrected chi connectivity index (χ0v) is 15.0. The van der Waals surface area contributed by atoms with Gasteiger partial charge in [0.05, 0.1) is 0 Å². The van der Waals surface area contributed by atoms with Gasteiger partial charge in [0.2, 0.25) is 5.79 Å². The van der Waals surface area contributed by atoms with Crippen molar-refractivity contribution in [1.29, 1.82) is 0 Å². The molecule has 0 saturated heterocycles. The number of fused-ring (bicyclic) bond motifs is 1. The molecule has 3 nitrogen and oxygen atoms in total. The summed E-state index contributed by atoms with van der Waals surface area (Å²) in [6.45, 7) is 5.84. The summed E-state index contributed by atoms with van der Waals surface area (Å²) in [5.74, 6) is -0.537. The zero-order chi connectivity index (χ0) is 17.8. The molecular weight excluding hydrogens is 312 g/mol. The van der Waals surface area contributed by atoms with Crippen molar-refractivity contribution in [2.45, 2.75) is 51.7 Å². The minimum absolute atomic E-state index is 0.119. The maximum atomic E-state index is 12.9. The van der Waals surface area contributed by atoms with Crippen molar-refractivity contribution in [3.8, 4) is 0 Å². The fourth-order valence-corrected chi connectivity index (χ4v) is 4.25. The first kappa shape index (κ1) is 16.3. The van der Waals surface area contributed by atoms with E-state index in [1.165, 1.54) is 5.39 Å². The number of Topliss-reactive ketones (excluding diaryl/α,β-unsaturated/α-hetero) is 1. The van der Waals surface area contributed by atoms with Crippen LogP contribution in [0.4, 0.5) is 0 Å². The quantitative estimate of drug-likeness (QED) is 0.821. The van der Waals surface area contributed by atoms with Crippen LogP contribution in [0.25, 0.3) is 10.8 Å². The standard InChI is InChI=1S/C22H24O3/c1-21(2)12-18(23)20-17(11-22(3,24)25-19(20)13-21)16-9-8-14-6-4-5-7-15(14)10-16/h4-10,17,24H,11-13H2,1-3H3/t17-,22?/m1/s1. The van der Waals surface area contributed by atoms with Crippen LogP contribution in [-0.4, -0.2) is 16.7 Å². The molecule has 25 heavy (non-hydrogen) atoms. The van der Waals surface area contributed by atoms with Gasteiger partial charge in [0.25, 0.3) is 0 Å². The van der Waals surface area contributed by atoms with E-state index >= 15 is 0 Å². The lowest BCUT2D eigenvalue weighted by Gasteiger charge is -2.43. The van der Waals surface area contributed by atoms with Gasteiger partial charge >= 0.3 is 0 Å². The van der Waals surface area contributed by atoms with Crippen LogP contribution in [0.2, 0.25) is 0 Å². The molecular formula is C22H24O3. The van der Waals surface area contributed by atoms with Gasteiger partial charge in [0.15, 0.2) is 5.78 Å². The smallest absolute Gasteiger partial charge is 0.205 e. The van der Waals surface area contributed by atoms with Crippen LogP contribution >= 0.6 is 0 Å². The van der Waals surface area contributed by atoms with Gasteiger partial charge in [-0.15, -0.1) is 0 Å². The molecule has 3 heteroatoms. The third-order valence-electron chi connectivity index (χ3n) is 5.33. The Morgan fingerprint density at radius 1 is 1.04 bits per heavy atom. The second kappa shape index (κ2) is 5.43. The minimum Gasteiger partial charge on any atom is -0.467 e. The molecule has 0 bridgehead atoms. The molecule has 0 saturated carbocycles. The number of benzene rings is 2. The third-order valence-corrected chi connectivity index (χ3v) is 5.33. The summed E-state index contributed by atoms with van der Waals surface area (Å²) in [6.07, 6.45) is 1.62. The van der Waals surface area contributed by atoms with Gasteiger partial charge in [0.1, 0.15) is 5.76 Å². The largest absolute Gasteiger partial charge is 0.467 e. The number of hydrogen-bond acceptors (Lipinski definition) is 3. The minimum atomic E-state index is -1.25. The molecule has 0 amide bonds. The van der Waals surface area contributed by atoms with E-state index in [1.807, 2.05) is 12.1 Å². The van der Waals surface area contributed by atoms with E-state index < -0.39 is 5.79 Å². The zero-order valence-electron chi connectivity index (χ0n) is 15.0. The molecule has 1 unspecified atom stereocenters. The number of ether oxygens (including phenoxy) is 1. The van der Waals surface area contributed by atoms with Gasteiger partial charge in [-0.05, 0) is 21.8 Å². The molecule has 130 valence electrons. The first-order valence-corrected chi connectivity index (χ1v) is 8.90. The van der Waals surface area contributed by atoms with E-state index in [0.717, 1.165) is 16.5 Å². The average Bonchev–Trinajstić information content (AvgIpc) is 2.51. The lowest BCUT2D eigenvalue weighted by atomic mass is 9.70. The van der Waals surface area contributed by atoms with E-state index in [0.29, 0.717) is 25.0 Å². The molecule has 1 aliphatic heterocycles. The summed E-state index contributed by atoms with van der Waals surface area (Å²) in [7, 11) is 0. The molecule has 1 aliphatic carbocycles. The second-order valence-electron chi connectivity index (χ2n) is 8.42. The molecule has 0 fully saturated rings. The Balaban J connectivity index is 1.84. The van der Waals surface area contributed by atoms with Crippen molar-refractivity contribution in [3.63, 3.8) is 0 Å². The number of allylic oxidation sites excluding steroid dienone is 2. The van der Waals surface area contributed by atoms with E-state index in [1.54, 1.807) is 6.92 Å². The van der Waals surface area contributed by atoms with Crippen molar-refractivity contribution < 1.29 is 14.6 Å². The maximum Gasteiger partial charge on any atom is 0.205 e. The average molecular weight is 336 g/mol. The molecule has 1 N–H and O–H groups in total. The molecule has 0 radical (unpaired) electrons. The Morgan fingerprint density at radius 3 is 2.52 bits per heavy atom. The van der Waals surface area contributed by atoms with Crippen LogP contribution in [0.15, 0.2) is 53.8 Å². The molecule has 4 rings (SSSR count). The Morgan fingerprint density at radius 2 is 1.76 bits per heavy atom. The van der Waals surface area contributed by atoms with Crippen molar-refractivity contribution in [2.75, 3.05) is 0 Å². The summed E-state index contributed by atoms with van der Waals surface area (Å²) in [6, 6.07) is 14.5. The van der Waals surface area contributed by atoms with Gasteiger partial charge in [0, 0.05) is 37.7 Å². The normalized spacial score (nSPS) is 28.6. The highest BCUT2D eigenvalue weighted by atomic mass is 16.6. The van der Waals surface area contributed by atoms with Crippen LogP contribution in [0.1, 0.15) is 51.5 Å². The summed E-state index contributed by atoms with van der Waals surface area (Å²) in [5.41, 5.74) is 1.71. The van der Waals surface area contributed by atoms with Gasteiger partial charge in [-0.1, -0.05) is 56.3 Å². The van der Waals surface area contributed by atoms with E-state index in [2.05, 4.69) is 44.2 Å². The summed E-state index contributed by atoms with van der Waals surface area (Å²) < 4.78 is 5.84. The van der Waals surface area contributed by atoms with Crippen molar-refractivity contribution >= 4 is 16.6 Å². The predicted octanol–water partition coefficient (Wildman–Crippen LogP) is 4.70. The summed E-state index contributed by atoms with van der Waals surface area (Å²) >= 11 is 0. The Labute approximate surface area is 148 Å². The molecule has 0 spiro atoms. The SMILES string of the molecule is CC1(C)CC(=O)C2=C(C1)OC(C)(O)C[C@@H]2c1ccc2ccccc2c1. The Hall–Kier alpha value is -2.13. The fourth-order valence-electron chi connectivity index (χ4n) is 4.25. The number of carbonyl (C=O) groups is 1. The van der Waals surface area contributed by atoms with E-state index in [-0.39, 0.29) is 17.1 Å². The topological polar surface area (TPSA) is 46.5 Å². The Bertz CT molecular complexity index is 885. The third kappa shape index (κ3) is 2.98. The lowest BCUT2D eigenvalue weighted by Crippen LogP contribution is -2.41. The van der Waals surface area contributed by atoms with Crippen LogP contribution in [0.5, 0.6) is 0 Å². The number of ketones is 1. The molecule has 2 aliphatic rings. The second-order valence-corrected chi connectivity index (χ2v) is 8.42. The van der Waals surface area contributed by atoms with Crippen molar-refractivity contribution in [2.24, 2.45) is 5.41 Å². The van der Waals surface area contributed by atoms with E-state index in [9.17, 15) is 9.90 Å². The van der Waals surface area contributed by atoms with Crippen LogP contribution in [0, 0.1) is 5.41 Å². The monoisotopic (exact) mass is 336 g/mol. The predicted molar refractivity (Wildman–Crippen MR) is 98.1 cm³/mol. The Kier molecular flexibility index (Phi) is 3.55. The van der Waals surface area contributed by atoms with Crippen molar-refractivity contribution in [1.82, 2.24) is 0 Å². The number of hydrogen-bond donors (Lipinski definition) is 1. The molecule has 1 heterocycles. The van der Waals surface area contributed by atoms with E-state index in [4.69, 9.17) is 4.74 Å². The molecule has 2 aromatic rings. The van der Waals surface area contributed by atoms with Crippen LogP contribution < -0.4 is 0 Å². The molecule has 0 aromatic heterocycles. The highest BCUT2D eigenvalue weighted by Crippen LogP contribution is 2.49. The number of carbonyl (C=O) groups excluding carboxylic acids is 1. The fraction of sp³-hybridized carbons (Fsp3) is 0.409. The highest BCUT2D eigenvalue weighted by molar-refractivity contribution is 5.99. The van der Waals surface area contributed by atoms with Crippen LogP contribution in [-0.2, 0) is 9.53 Å². The van der Waals surface area contributed by atoms with Gasteiger partial charge in [-0.25, -0.2) is 0 Å². The summed E-state index contributed by atoms with van der Waals surface area (Å²) in [5, 5.41) is 13.0. The lowest BCUT2D eigenvalue weighted by molar-refractivity contribution is -0.184. The highest BCUT2D eigenvalue weighted by Gasteiger charge is 2.45. The maximum absolute atomic E-state index is 12.9. The first-order chi connectivity index (χ1) is 11.7. The number of rotatable bonds is 1. The molecule has 2 aromatic carbocycles. The molecule has 2 atom stereocenters. The van der Waals surface area contributed by atoms with Gasteiger partial charge in [-0.2, -0.15) is 0 Å². The summed E-state index contributed by atoms with van der Waals surface area (Å²) in [4.78, 5) is 12.9.